The summed E-state index contributed by atoms with van der Waals surface area (Å²) in [5.74, 6) is 0.0270. The topological polar surface area (TPSA) is 127 Å². The number of rotatable bonds is 7. The summed E-state index contributed by atoms with van der Waals surface area (Å²) in [5, 5.41) is 10.8. The Hall–Kier alpha value is -3.04. The van der Waals surface area contributed by atoms with Gasteiger partial charge in [0.2, 0.25) is 11.6 Å². The Bertz CT molecular complexity index is 974. The van der Waals surface area contributed by atoms with E-state index in [9.17, 15) is 9.59 Å². The van der Waals surface area contributed by atoms with Crippen LogP contribution in [0.25, 0.3) is 5.65 Å². The van der Waals surface area contributed by atoms with Crippen LogP contribution >= 0.6 is 0 Å². The Labute approximate surface area is 162 Å². The standard InChI is InChI=1S/C18H22N6O3.CH4/c1-18(2,19)17(26)21-13(11-27-10-12-6-4-3-5-7-12)14-22-23-15-16(25)20-8-9-24(14)15;/h3-9,13H,10-11,19H2,1-2H3,(H,20,25)(H,21,26);1H4/t13-;/m1./s1. The van der Waals surface area contributed by atoms with Crippen LogP contribution in [0.1, 0.15) is 38.7 Å². The molecule has 0 radical (unpaired) electrons. The molecule has 4 N–H and O–H groups in total. The molecule has 2 heterocycles. The first-order valence-corrected chi connectivity index (χ1v) is 8.50. The summed E-state index contributed by atoms with van der Waals surface area (Å²) in [6, 6.07) is 9.04. The van der Waals surface area contributed by atoms with Crippen molar-refractivity contribution < 1.29 is 9.53 Å². The average molecular weight is 386 g/mol. The van der Waals surface area contributed by atoms with Gasteiger partial charge in [0.25, 0.3) is 5.56 Å². The van der Waals surface area contributed by atoms with Crippen LogP contribution in [0.5, 0.6) is 0 Å². The van der Waals surface area contributed by atoms with E-state index >= 15 is 0 Å². The molecule has 0 saturated heterocycles. The normalized spacial score (nSPS) is 12.4. The molecule has 3 aromatic rings. The van der Waals surface area contributed by atoms with Gasteiger partial charge in [-0.05, 0) is 19.4 Å². The molecular weight excluding hydrogens is 360 g/mol. The molecule has 0 aliphatic rings. The van der Waals surface area contributed by atoms with Gasteiger partial charge >= 0.3 is 0 Å². The lowest BCUT2D eigenvalue weighted by molar-refractivity contribution is -0.126. The number of amides is 1. The molecule has 150 valence electrons. The number of fused-ring (bicyclic) bond motifs is 1. The molecule has 0 aliphatic heterocycles. The lowest BCUT2D eigenvalue weighted by Gasteiger charge is -2.23. The van der Waals surface area contributed by atoms with E-state index in [1.807, 2.05) is 30.3 Å². The van der Waals surface area contributed by atoms with Crippen molar-refractivity contribution >= 4 is 11.6 Å². The van der Waals surface area contributed by atoms with Gasteiger partial charge < -0.3 is 20.8 Å². The second-order valence-electron chi connectivity index (χ2n) is 6.79. The van der Waals surface area contributed by atoms with Gasteiger partial charge in [-0.3, -0.25) is 14.0 Å². The summed E-state index contributed by atoms with van der Waals surface area (Å²) in [6.07, 6.45) is 3.11. The van der Waals surface area contributed by atoms with Crippen molar-refractivity contribution in [3.05, 3.63) is 64.5 Å². The lowest BCUT2D eigenvalue weighted by atomic mass is 10.1. The van der Waals surface area contributed by atoms with Crippen molar-refractivity contribution in [1.29, 1.82) is 0 Å². The molecule has 1 aromatic carbocycles. The Kier molecular flexibility index (Phi) is 6.66. The number of H-pyrrole nitrogens is 1. The third-order valence-corrected chi connectivity index (χ3v) is 3.96. The van der Waals surface area contributed by atoms with E-state index in [-0.39, 0.29) is 31.1 Å². The molecule has 0 spiro atoms. The lowest BCUT2D eigenvalue weighted by Crippen LogP contribution is -2.51. The Balaban J connectivity index is 0.00000280. The highest BCUT2D eigenvalue weighted by atomic mass is 16.5. The zero-order valence-corrected chi connectivity index (χ0v) is 15.2. The maximum absolute atomic E-state index is 12.4. The van der Waals surface area contributed by atoms with E-state index in [4.69, 9.17) is 10.5 Å². The molecule has 9 heteroatoms. The van der Waals surface area contributed by atoms with E-state index < -0.39 is 11.6 Å². The largest absolute Gasteiger partial charge is 0.374 e. The number of ether oxygens (including phenoxy) is 1. The SMILES string of the molecule is C.CC(C)(N)C(=O)N[C@H](COCc1ccccc1)c1nnc2c(=O)[nH]ccn12. The fourth-order valence-corrected chi connectivity index (χ4v) is 2.49. The van der Waals surface area contributed by atoms with Gasteiger partial charge in [-0.25, -0.2) is 0 Å². The molecule has 0 bridgehead atoms. The number of nitrogens with zero attached hydrogens (tertiary/aromatic N) is 3. The molecule has 2 aromatic heterocycles. The Morgan fingerprint density at radius 2 is 2.04 bits per heavy atom. The number of aromatic amines is 1. The van der Waals surface area contributed by atoms with Crippen LogP contribution in [0.2, 0.25) is 0 Å². The van der Waals surface area contributed by atoms with Gasteiger partial charge in [0.1, 0.15) is 6.04 Å². The fraction of sp³-hybridized carbons (Fsp3) is 0.368. The first-order valence-electron chi connectivity index (χ1n) is 8.50. The average Bonchev–Trinajstić information content (AvgIpc) is 3.06. The summed E-state index contributed by atoms with van der Waals surface area (Å²) < 4.78 is 7.30. The zero-order chi connectivity index (χ0) is 19.4. The maximum Gasteiger partial charge on any atom is 0.293 e. The van der Waals surface area contributed by atoms with Crippen LogP contribution in [-0.4, -0.2) is 37.6 Å². The third kappa shape index (κ3) is 4.81. The highest BCUT2D eigenvalue weighted by Gasteiger charge is 2.28. The van der Waals surface area contributed by atoms with Crippen LogP contribution in [-0.2, 0) is 16.1 Å². The minimum atomic E-state index is -1.07. The highest BCUT2D eigenvalue weighted by Crippen LogP contribution is 2.14. The molecule has 28 heavy (non-hydrogen) atoms. The predicted molar refractivity (Wildman–Crippen MR) is 106 cm³/mol. The summed E-state index contributed by atoms with van der Waals surface area (Å²) in [5.41, 5.74) is 5.59. The summed E-state index contributed by atoms with van der Waals surface area (Å²) >= 11 is 0. The van der Waals surface area contributed by atoms with Crippen molar-refractivity contribution in [2.75, 3.05) is 6.61 Å². The number of nitrogens with one attached hydrogen (secondary N) is 2. The first kappa shape index (κ1) is 21.3. The van der Waals surface area contributed by atoms with Crippen LogP contribution in [0.3, 0.4) is 0 Å². The third-order valence-electron chi connectivity index (χ3n) is 3.96. The molecule has 0 unspecified atom stereocenters. The first-order chi connectivity index (χ1) is 12.9. The number of carbonyl (C=O) groups excluding carboxylic acids is 1. The summed E-state index contributed by atoms with van der Waals surface area (Å²) in [6.45, 7) is 3.73. The summed E-state index contributed by atoms with van der Waals surface area (Å²) in [4.78, 5) is 26.8. The van der Waals surface area contributed by atoms with Crippen molar-refractivity contribution in [3.63, 3.8) is 0 Å². The molecular formula is C19H26N6O3. The smallest absolute Gasteiger partial charge is 0.293 e. The monoisotopic (exact) mass is 386 g/mol. The molecule has 1 atom stereocenters. The van der Waals surface area contributed by atoms with Gasteiger partial charge in [-0.1, -0.05) is 37.8 Å². The molecule has 0 saturated carbocycles. The van der Waals surface area contributed by atoms with Gasteiger partial charge in [0, 0.05) is 12.4 Å². The zero-order valence-electron chi connectivity index (χ0n) is 15.2. The minimum absolute atomic E-state index is 0. The Morgan fingerprint density at radius 1 is 1.32 bits per heavy atom. The van der Waals surface area contributed by atoms with E-state index in [2.05, 4.69) is 20.5 Å². The van der Waals surface area contributed by atoms with Gasteiger partial charge in [0.05, 0.1) is 18.8 Å². The van der Waals surface area contributed by atoms with Crippen molar-refractivity contribution in [2.24, 2.45) is 5.73 Å². The van der Waals surface area contributed by atoms with Crippen LogP contribution in [0, 0.1) is 0 Å². The number of aromatic nitrogens is 4. The van der Waals surface area contributed by atoms with Crippen LogP contribution in [0.15, 0.2) is 47.5 Å². The number of hydrogen-bond acceptors (Lipinski definition) is 6. The van der Waals surface area contributed by atoms with E-state index in [0.717, 1.165) is 5.56 Å². The second kappa shape index (κ2) is 8.77. The van der Waals surface area contributed by atoms with Crippen molar-refractivity contribution in [1.82, 2.24) is 24.9 Å². The molecule has 0 aliphatic carbocycles. The molecule has 1 amide bonds. The van der Waals surface area contributed by atoms with E-state index in [1.54, 1.807) is 20.0 Å². The maximum atomic E-state index is 12.4. The predicted octanol–water partition coefficient (Wildman–Crippen LogP) is 1.17. The quantitative estimate of drug-likeness (QED) is 0.559. The second-order valence-corrected chi connectivity index (χ2v) is 6.79. The van der Waals surface area contributed by atoms with E-state index in [0.29, 0.717) is 12.4 Å². The molecule has 0 fully saturated rings. The Morgan fingerprint density at radius 3 is 2.71 bits per heavy atom. The molecule has 9 nitrogen and oxygen atoms in total. The van der Waals surface area contributed by atoms with Crippen molar-refractivity contribution in [2.45, 2.75) is 39.5 Å². The summed E-state index contributed by atoms with van der Waals surface area (Å²) in [7, 11) is 0. The van der Waals surface area contributed by atoms with Gasteiger partial charge in [0.15, 0.2) is 5.82 Å². The van der Waals surface area contributed by atoms with Crippen LogP contribution in [0.4, 0.5) is 0 Å². The van der Waals surface area contributed by atoms with Gasteiger partial charge in [-0.2, -0.15) is 0 Å². The van der Waals surface area contributed by atoms with Crippen molar-refractivity contribution in [3.8, 4) is 0 Å². The van der Waals surface area contributed by atoms with Gasteiger partial charge in [-0.15, -0.1) is 10.2 Å². The number of benzene rings is 1. The minimum Gasteiger partial charge on any atom is -0.374 e. The number of hydrogen-bond donors (Lipinski definition) is 3. The van der Waals surface area contributed by atoms with E-state index in [1.165, 1.54) is 10.6 Å². The fourth-order valence-electron chi connectivity index (χ4n) is 2.49. The number of carbonyl (C=O) groups is 1. The van der Waals surface area contributed by atoms with Crippen LogP contribution < -0.4 is 16.6 Å². The number of nitrogens with two attached hydrogens (primary N) is 1. The highest BCUT2D eigenvalue weighted by molar-refractivity contribution is 5.85. The molecule has 3 rings (SSSR count).